The van der Waals surface area contributed by atoms with Crippen molar-refractivity contribution < 1.29 is 13.2 Å². The molecule has 1 aromatic rings. The Morgan fingerprint density at radius 2 is 1.88 bits per heavy atom. The number of nitrogen functional groups attached to an aromatic ring is 1. The first kappa shape index (κ1) is 12.3. The van der Waals surface area contributed by atoms with Gasteiger partial charge in [-0.1, -0.05) is 6.92 Å². The smallest absolute Gasteiger partial charge is 0.398 e. The van der Waals surface area contributed by atoms with Gasteiger partial charge in [-0.3, -0.25) is 0 Å². The van der Waals surface area contributed by atoms with E-state index in [1.54, 1.807) is 6.92 Å². The number of aryl methyl sites for hydroxylation is 1. The van der Waals surface area contributed by atoms with Gasteiger partial charge in [0.2, 0.25) is 0 Å². The molecule has 0 spiro atoms. The lowest BCUT2D eigenvalue weighted by Gasteiger charge is -2.35. The summed E-state index contributed by atoms with van der Waals surface area (Å²) in [5.41, 5.74) is 7.04. The van der Waals surface area contributed by atoms with Crippen LogP contribution in [0.25, 0.3) is 0 Å². The zero-order chi connectivity index (χ0) is 12.8. The van der Waals surface area contributed by atoms with E-state index in [-0.39, 0.29) is 5.92 Å². The first-order valence-corrected chi connectivity index (χ1v) is 5.78. The average Bonchev–Trinajstić information content (AvgIpc) is 2.20. The average molecular weight is 243 g/mol. The summed E-state index contributed by atoms with van der Waals surface area (Å²) in [6.45, 7) is 3.70. The number of anilines is 1. The van der Waals surface area contributed by atoms with Gasteiger partial charge in [0, 0.05) is 5.69 Å². The molecule has 0 bridgehead atoms. The third-order valence-electron chi connectivity index (χ3n) is 3.77. The summed E-state index contributed by atoms with van der Waals surface area (Å²) in [6, 6.07) is 2.35. The van der Waals surface area contributed by atoms with E-state index in [1.165, 1.54) is 6.07 Å². The molecule has 2 atom stereocenters. The number of hydrogen-bond donors (Lipinski definition) is 1. The van der Waals surface area contributed by atoms with Gasteiger partial charge in [-0.2, -0.15) is 13.2 Å². The number of rotatable bonds is 1. The van der Waals surface area contributed by atoms with Crippen molar-refractivity contribution in [2.75, 3.05) is 5.73 Å². The van der Waals surface area contributed by atoms with Crippen LogP contribution in [0, 0.1) is 12.8 Å². The van der Waals surface area contributed by atoms with Crippen molar-refractivity contribution in [3.8, 4) is 0 Å². The maximum atomic E-state index is 12.7. The van der Waals surface area contributed by atoms with Crippen LogP contribution >= 0.6 is 0 Å². The molecule has 2 unspecified atom stereocenters. The standard InChI is InChI=1S/C13H16F3N/c1-7-3-4-10(7)11-6-9(13(14,15)16)5-8(2)12(11)17/h5-7,10H,3-4,17H2,1-2H3. The van der Waals surface area contributed by atoms with Crippen molar-refractivity contribution in [1.29, 1.82) is 0 Å². The van der Waals surface area contributed by atoms with Crippen molar-refractivity contribution in [2.45, 2.75) is 38.8 Å². The van der Waals surface area contributed by atoms with Crippen LogP contribution in [-0.4, -0.2) is 0 Å². The third-order valence-corrected chi connectivity index (χ3v) is 3.77. The minimum Gasteiger partial charge on any atom is -0.398 e. The Balaban J connectivity index is 2.47. The van der Waals surface area contributed by atoms with Crippen molar-refractivity contribution in [2.24, 2.45) is 5.92 Å². The van der Waals surface area contributed by atoms with E-state index >= 15 is 0 Å². The Bertz CT molecular complexity index is 437. The topological polar surface area (TPSA) is 26.0 Å². The molecule has 0 heterocycles. The fourth-order valence-electron chi connectivity index (χ4n) is 2.42. The van der Waals surface area contributed by atoms with Crippen LogP contribution in [-0.2, 0) is 6.18 Å². The molecule has 1 fully saturated rings. The van der Waals surface area contributed by atoms with Crippen LogP contribution < -0.4 is 5.73 Å². The molecular weight excluding hydrogens is 227 g/mol. The summed E-state index contributed by atoms with van der Waals surface area (Å²) in [7, 11) is 0. The van der Waals surface area contributed by atoms with Crippen LogP contribution in [0.4, 0.5) is 18.9 Å². The van der Waals surface area contributed by atoms with Gasteiger partial charge < -0.3 is 5.73 Å². The molecule has 2 rings (SSSR count). The highest BCUT2D eigenvalue weighted by Gasteiger charge is 2.35. The van der Waals surface area contributed by atoms with Gasteiger partial charge in [0.15, 0.2) is 0 Å². The first-order valence-electron chi connectivity index (χ1n) is 5.78. The highest BCUT2D eigenvalue weighted by molar-refractivity contribution is 5.57. The van der Waals surface area contributed by atoms with Crippen LogP contribution in [0.1, 0.15) is 42.4 Å². The molecule has 4 heteroatoms. The predicted octanol–water partition coefficient (Wildman–Crippen LogP) is 4.11. The largest absolute Gasteiger partial charge is 0.416 e. The normalized spacial score (nSPS) is 24.5. The SMILES string of the molecule is Cc1cc(C(F)(F)F)cc(C2CCC2C)c1N. The zero-order valence-electron chi connectivity index (χ0n) is 9.93. The number of benzene rings is 1. The van der Waals surface area contributed by atoms with Gasteiger partial charge in [0.05, 0.1) is 5.56 Å². The monoisotopic (exact) mass is 243 g/mol. The molecule has 0 amide bonds. The van der Waals surface area contributed by atoms with Gasteiger partial charge >= 0.3 is 6.18 Å². The molecule has 1 aromatic carbocycles. The highest BCUT2D eigenvalue weighted by atomic mass is 19.4. The van der Waals surface area contributed by atoms with Gasteiger partial charge in [-0.15, -0.1) is 0 Å². The lowest BCUT2D eigenvalue weighted by atomic mass is 9.70. The van der Waals surface area contributed by atoms with Crippen LogP contribution in [0.5, 0.6) is 0 Å². The fraction of sp³-hybridized carbons (Fsp3) is 0.538. The predicted molar refractivity (Wildman–Crippen MR) is 61.7 cm³/mol. The second-order valence-corrected chi connectivity index (χ2v) is 4.95. The minimum absolute atomic E-state index is 0.191. The summed E-state index contributed by atoms with van der Waals surface area (Å²) in [5.74, 6) is 0.621. The number of nitrogens with two attached hydrogens (primary N) is 1. The Kier molecular flexibility index (Phi) is 2.84. The molecule has 1 aliphatic carbocycles. The van der Waals surface area contributed by atoms with E-state index in [0.29, 0.717) is 22.7 Å². The lowest BCUT2D eigenvalue weighted by molar-refractivity contribution is -0.137. The van der Waals surface area contributed by atoms with E-state index in [2.05, 4.69) is 6.92 Å². The summed E-state index contributed by atoms with van der Waals surface area (Å²) in [6.07, 6.45) is -2.29. The van der Waals surface area contributed by atoms with Crippen LogP contribution in [0.3, 0.4) is 0 Å². The minimum atomic E-state index is -4.29. The van der Waals surface area contributed by atoms with Crippen molar-refractivity contribution in [3.05, 3.63) is 28.8 Å². The quantitative estimate of drug-likeness (QED) is 0.738. The maximum Gasteiger partial charge on any atom is 0.416 e. The molecule has 0 radical (unpaired) electrons. The van der Waals surface area contributed by atoms with Crippen LogP contribution in [0.15, 0.2) is 12.1 Å². The Morgan fingerprint density at radius 3 is 2.29 bits per heavy atom. The van der Waals surface area contributed by atoms with Crippen molar-refractivity contribution >= 4 is 5.69 Å². The van der Waals surface area contributed by atoms with Gasteiger partial charge in [0.25, 0.3) is 0 Å². The summed E-state index contributed by atoms with van der Waals surface area (Å²) >= 11 is 0. The summed E-state index contributed by atoms with van der Waals surface area (Å²) in [5, 5.41) is 0. The number of hydrogen-bond acceptors (Lipinski definition) is 1. The maximum absolute atomic E-state index is 12.7. The molecule has 94 valence electrons. The number of alkyl halides is 3. The molecule has 1 saturated carbocycles. The van der Waals surface area contributed by atoms with Gasteiger partial charge in [-0.05, 0) is 54.9 Å². The third kappa shape index (κ3) is 2.13. The second kappa shape index (κ2) is 3.93. The van der Waals surface area contributed by atoms with Crippen molar-refractivity contribution in [3.63, 3.8) is 0 Å². The Labute approximate surface area is 98.8 Å². The lowest BCUT2D eigenvalue weighted by Crippen LogP contribution is -2.23. The molecule has 0 aromatic heterocycles. The van der Waals surface area contributed by atoms with Gasteiger partial charge in [-0.25, -0.2) is 0 Å². The zero-order valence-corrected chi connectivity index (χ0v) is 9.93. The molecule has 17 heavy (non-hydrogen) atoms. The second-order valence-electron chi connectivity index (χ2n) is 4.95. The molecular formula is C13H16F3N. The fourth-order valence-corrected chi connectivity index (χ4v) is 2.42. The molecule has 1 nitrogen and oxygen atoms in total. The first-order chi connectivity index (χ1) is 7.80. The Morgan fingerprint density at radius 1 is 1.24 bits per heavy atom. The van der Waals surface area contributed by atoms with Gasteiger partial charge in [0.1, 0.15) is 0 Å². The van der Waals surface area contributed by atoms with E-state index in [0.717, 1.165) is 18.9 Å². The van der Waals surface area contributed by atoms with E-state index in [1.807, 2.05) is 0 Å². The van der Waals surface area contributed by atoms with E-state index < -0.39 is 11.7 Å². The molecule has 1 aliphatic rings. The highest BCUT2D eigenvalue weighted by Crippen LogP contribution is 2.46. The summed E-state index contributed by atoms with van der Waals surface area (Å²) < 4.78 is 38.2. The van der Waals surface area contributed by atoms with Crippen molar-refractivity contribution in [1.82, 2.24) is 0 Å². The Hall–Kier alpha value is -1.19. The van der Waals surface area contributed by atoms with E-state index in [9.17, 15) is 13.2 Å². The van der Waals surface area contributed by atoms with Crippen LogP contribution in [0.2, 0.25) is 0 Å². The number of halogens is 3. The van der Waals surface area contributed by atoms with E-state index in [4.69, 9.17) is 5.73 Å². The molecule has 2 N–H and O–H groups in total. The summed E-state index contributed by atoms with van der Waals surface area (Å²) in [4.78, 5) is 0. The molecule has 0 saturated heterocycles. The molecule has 0 aliphatic heterocycles.